The lowest BCUT2D eigenvalue weighted by atomic mass is 10.1. The molecule has 23 heavy (non-hydrogen) atoms. The average Bonchev–Trinajstić information content (AvgIpc) is 2.56. The normalized spacial score (nSPS) is 16.4. The second kappa shape index (κ2) is 7.23. The summed E-state index contributed by atoms with van der Waals surface area (Å²) in [5, 5.41) is 5.49. The van der Waals surface area contributed by atoms with Gasteiger partial charge in [-0.15, -0.1) is 0 Å². The summed E-state index contributed by atoms with van der Waals surface area (Å²) in [6.07, 6.45) is 2.85. The molecule has 1 heterocycles. The van der Waals surface area contributed by atoms with E-state index in [1.54, 1.807) is 0 Å². The van der Waals surface area contributed by atoms with Crippen LogP contribution in [0.25, 0.3) is 10.8 Å². The molecule has 1 aliphatic rings. The van der Waals surface area contributed by atoms with Crippen molar-refractivity contribution in [1.29, 1.82) is 0 Å². The number of benzene rings is 2. The van der Waals surface area contributed by atoms with Crippen LogP contribution >= 0.6 is 11.9 Å². The van der Waals surface area contributed by atoms with Gasteiger partial charge in [0.05, 0.1) is 0 Å². The molecule has 1 saturated heterocycles. The Kier molecular flexibility index (Phi) is 5.08. The molecule has 1 N–H and O–H groups in total. The predicted molar refractivity (Wildman–Crippen MR) is 97.9 cm³/mol. The second-order valence-corrected chi connectivity index (χ2v) is 7.24. The fraction of sp³-hybridized carbons (Fsp3) is 0.389. The first-order chi connectivity index (χ1) is 11.2. The molecule has 2 aromatic carbocycles. The third-order valence-corrected chi connectivity index (χ3v) is 5.50. The maximum absolute atomic E-state index is 10.5. The number of amides is 1. The van der Waals surface area contributed by atoms with E-state index in [0.29, 0.717) is 6.04 Å². The maximum atomic E-state index is 10.5. The molecule has 0 bridgehead atoms. The van der Waals surface area contributed by atoms with Gasteiger partial charge in [-0.25, -0.2) is 4.31 Å². The van der Waals surface area contributed by atoms with Crippen LogP contribution in [0, 0.1) is 0 Å². The summed E-state index contributed by atoms with van der Waals surface area (Å²) in [7, 11) is 4.17. The van der Waals surface area contributed by atoms with Crippen LogP contribution in [0.3, 0.4) is 0 Å². The van der Waals surface area contributed by atoms with Crippen molar-refractivity contribution >= 4 is 34.8 Å². The lowest BCUT2D eigenvalue weighted by Gasteiger charge is -2.30. The first kappa shape index (κ1) is 16.1. The van der Waals surface area contributed by atoms with E-state index in [4.69, 9.17) is 0 Å². The van der Waals surface area contributed by atoms with Crippen LogP contribution in [0.15, 0.2) is 41.3 Å². The van der Waals surface area contributed by atoms with Gasteiger partial charge in [0.25, 0.3) is 0 Å². The minimum absolute atomic E-state index is 0.331. The molecular weight excluding hydrogens is 306 g/mol. The largest absolute Gasteiger partial charge is 0.377 e. The molecule has 2 aromatic rings. The van der Waals surface area contributed by atoms with Gasteiger partial charge in [-0.05, 0) is 42.3 Å². The number of hydrogen-bond donors (Lipinski definition) is 1. The number of anilines is 1. The minimum Gasteiger partial charge on any atom is -0.377 e. The number of carbonyl (C=O) groups is 1. The summed E-state index contributed by atoms with van der Waals surface area (Å²) in [6, 6.07) is 13.3. The summed E-state index contributed by atoms with van der Waals surface area (Å²) in [6.45, 7) is 2.00. The van der Waals surface area contributed by atoms with E-state index in [1.165, 1.54) is 21.4 Å². The Labute approximate surface area is 142 Å². The Balaban J connectivity index is 1.79. The Morgan fingerprint density at radius 2 is 1.83 bits per heavy atom. The van der Waals surface area contributed by atoms with Crippen LogP contribution in [-0.2, 0) is 4.79 Å². The van der Waals surface area contributed by atoms with Crippen molar-refractivity contribution < 1.29 is 4.79 Å². The quantitative estimate of drug-likeness (QED) is 0.675. The number of fused-ring (bicyclic) bond motifs is 1. The molecule has 1 fully saturated rings. The molecule has 1 aliphatic heterocycles. The summed E-state index contributed by atoms with van der Waals surface area (Å²) < 4.78 is 2.40. The third-order valence-electron chi connectivity index (χ3n) is 4.33. The van der Waals surface area contributed by atoms with Crippen molar-refractivity contribution in [2.75, 3.05) is 32.1 Å². The molecule has 0 aromatic heterocycles. The van der Waals surface area contributed by atoms with Gasteiger partial charge >= 0.3 is 0 Å². The van der Waals surface area contributed by atoms with Crippen LogP contribution in [0.1, 0.15) is 12.8 Å². The topological polar surface area (TPSA) is 35.6 Å². The van der Waals surface area contributed by atoms with E-state index in [2.05, 4.69) is 65.0 Å². The lowest BCUT2D eigenvalue weighted by molar-refractivity contribution is -0.110. The van der Waals surface area contributed by atoms with Gasteiger partial charge in [0.1, 0.15) is 0 Å². The number of nitrogens with one attached hydrogen (secondary N) is 1. The van der Waals surface area contributed by atoms with Gasteiger partial charge in [-0.3, -0.25) is 4.79 Å². The first-order valence-corrected chi connectivity index (χ1v) is 8.78. The highest BCUT2D eigenvalue weighted by molar-refractivity contribution is 7.97. The smallest absolute Gasteiger partial charge is 0.207 e. The van der Waals surface area contributed by atoms with Crippen molar-refractivity contribution in [1.82, 2.24) is 9.62 Å². The van der Waals surface area contributed by atoms with Gasteiger partial charge in [0.15, 0.2) is 0 Å². The molecule has 0 unspecified atom stereocenters. The molecular formula is C18H23N3OS. The van der Waals surface area contributed by atoms with Crippen molar-refractivity contribution in [3.8, 4) is 0 Å². The van der Waals surface area contributed by atoms with Crippen LogP contribution < -0.4 is 10.2 Å². The molecule has 3 rings (SSSR count). The van der Waals surface area contributed by atoms with Crippen LogP contribution in [-0.4, -0.2) is 43.9 Å². The Morgan fingerprint density at radius 3 is 2.52 bits per heavy atom. The molecule has 1 amide bonds. The van der Waals surface area contributed by atoms with E-state index in [0.717, 1.165) is 32.3 Å². The maximum Gasteiger partial charge on any atom is 0.207 e. The molecule has 0 spiro atoms. The second-order valence-electron chi connectivity index (χ2n) is 6.10. The molecule has 0 atom stereocenters. The highest BCUT2D eigenvalue weighted by atomic mass is 32.2. The average molecular weight is 329 g/mol. The Morgan fingerprint density at radius 1 is 1.13 bits per heavy atom. The number of carbonyl (C=O) groups excluding carboxylic acids is 1. The summed E-state index contributed by atoms with van der Waals surface area (Å²) >= 11 is 1.83. The molecule has 4 nitrogen and oxygen atoms in total. The highest BCUT2D eigenvalue weighted by Gasteiger charge is 2.20. The fourth-order valence-electron chi connectivity index (χ4n) is 3.08. The molecule has 0 radical (unpaired) electrons. The van der Waals surface area contributed by atoms with Crippen LogP contribution in [0.4, 0.5) is 5.69 Å². The van der Waals surface area contributed by atoms with E-state index in [1.807, 2.05) is 11.9 Å². The number of nitrogens with zero attached hydrogens (tertiary/aromatic N) is 2. The van der Waals surface area contributed by atoms with Crippen molar-refractivity contribution in [3.63, 3.8) is 0 Å². The Bertz CT molecular complexity index is 681. The zero-order chi connectivity index (χ0) is 16.2. The SMILES string of the molecule is CN(C)c1cccc2c(SN3CCC(NC=O)CC3)cccc12. The Hall–Kier alpha value is -1.72. The summed E-state index contributed by atoms with van der Waals surface area (Å²) in [4.78, 5) is 14.0. The molecule has 0 aliphatic carbocycles. The monoisotopic (exact) mass is 329 g/mol. The first-order valence-electron chi connectivity index (χ1n) is 8.00. The highest BCUT2D eigenvalue weighted by Crippen LogP contribution is 2.35. The minimum atomic E-state index is 0.331. The van der Waals surface area contributed by atoms with Gasteiger partial charge in [-0.2, -0.15) is 0 Å². The van der Waals surface area contributed by atoms with E-state index in [-0.39, 0.29) is 0 Å². The van der Waals surface area contributed by atoms with Gasteiger partial charge in [-0.1, -0.05) is 24.3 Å². The standard InChI is InChI=1S/C18H23N3OS/c1-20(2)17-7-3-6-16-15(17)5-4-8-18(16)23-21-11-9-14(10-12-21)19-13-22/h3-8,13-14H,9-12H2,1-2H3,(H,19,22). The molecule has 5 heteroatoms. The van der Waals surface area contributed by atoms with Crippen molar-refractivity contribution in [2.24, 2.45) is 0 Å². The number of piperidine rings is 1. The fourth-order valence-corrected chi connectivity index (χ4v) is 4.17. The van der Waals surface area contributed by atoms with Crippen LogP contribution in [0.5, 0.6) is 0 Å². The summed E-state index contributed by atoms with van der Waals surface area (Å²) in [5.74, 6) is 0. The van der Waals surface area contributed by atoms with Gasteiger partial charge in [0.2, 0.25) is 6.41 Å². The zero-order valence-electron chi connectivity index (χ0n) is 13.7. The van der Waals surface area contributed by atoms with Gasteiger partial charge in [0, 0.05) is 49.2 Å². The summed E-state index contributed by atoms with van der Waals surface area (Å²) in [5.41, 5.74) is 1.25. The third kappa shape index (κ3) is 3.62. The molecule has 122 valence electrons. The number of hydrogen-bond acceptors (Lipinski definition) is 4. The lowest BCUT2D eigenvalue weighted by Crippen LogP contribution is -2.39. The van der Waals surface area contributed by atoms with Crippen LogP contribution in [0.2, 0.25) is 0 Å². The van der Waals surface area contributed by atoms with E-state index in [9.17, 15) is 4.79 Å². The van der Waals surface area contributed by atoms with Crippen molar-refractivity contribution in [2.45, 2.75) is 23.8 Å². The zero-order valence-corrected chi connectivity index (χ0v) is 14.5. The molecule has 0 saturated carbocycles. The number of rotatable bonds is 5. The predicted octanol–water partition coefficient (Wildman–Crippen LogP) is 3.12. The van der Waals surface area contributed by atoms with Gasteiger partial charge < -0.3 is 10.2 Å². The van der Waals surface area contributed by atoms with E-state index < -0.39 is 0 Å². The van der Waals surface area contributed by atoms with Crippen molar-refractivity contribution in [3.05, 3.63) is 36.4 Å². The van der Waals surface area contributed by atoms with E-state index >= 15 is 0 Å².